The van der Waals surface area contributed by atoms with Gasteiger partial charge in [0.25, 0.3) is 0 Å². The molecule has 0 amide bonds. The van der Waals surface area contributed by atoms with E-state index in [0.717, 1.165) is 0 Å². The van der Waals surface area contributed by atoms with Crippen LogP contribution in [0.25, 0.3) is 0 Å². The largest absolute Gasteiger partial charge is 0.488 e. The highest BCUT2D eigenvalue weighted by Crippen LogP contribution is 2.17. The van der Waals surface area contributed by atoms with Gasteiger partial charge in [0, 0.05) is 4.90 Å². The number of thiol groups is 1. The van der Waals surface area contributed by atoms with Crippen LogP contribution in [0.3, 0.4) is 0 Å². The topological polar surface area (TPSA) is 66.8 Å². The molecule has 0 aliphatic heterocycles. The number of ether oxygens (including phenoxy) is 1. The van der Waals surface area contributed by atoms with Crippen molar-refractivity contribution in [3.05, 3.63) is 23.3 Å². The maximum atomic E-state index is 12.0. The average molecular weight is 268 g/mol. The van der Waals surface area contributed by atoms with Crippen LogP contribution in [-0.4, -0.2) is 28.7 Å². The van der Waals surface area contributed by atoms with E-state index in [1.54, 1.807) is 33.8 Å². The Labute approximate surface area is 113 Å². The molecular weight excluding hydrogens is 251 g/mol. The minimum absolute atomic E-state index is 0.253. The van der Waals surface area contributed by atoms with Crippen LogP contribution in [0.2, 0.25) is 0 Å². The molecule has 0 aliphatic carbocycles. The third kappa shape index (κ3) is 3.76. The molecule has 1 rings (SSSR count). The molecule has 98 valence electrons. The summed E-state index contributed by atoms with van der Waals surface area (Å²) in [5.41, 5.74) is 0.426. The van der Waals surface area contributed by atoms with Crippen LogP contribution in [0.4, 0.5) is 0 Å². The molecule has 1 aromatic carbocycles. The molecule has 0 heterocycles. The lowest BCUT2D eigenvalue weighted by molar-refractivity contribution is 0.00686. The third-order valence-corrected chi connectivity index (χ3v) is 2.59. The van der Waals surface area contributed by atoms with Gasteiger partial charge in [0.1, 0.15) is 5.60 Å². The highest BCUT2D eigenvalue weighted by atomic mass is 32.1. The molecule has 0 saturated carbocycles. The van der Waals surface area contributed by atoms with Gasteiger partial charge in [-0.1, -0.05) is 0 Å². The van der Waals surface area contributed by atoms with Crippen molar-refractivity contribution in [3.63, 3.8) is 0 Å². The lowest BCUT2D eigenvalue weighted by Gasteiger charge is -2.21. The van der Waals surface area contributed by atoms with E-state index in [4.69, 9.17) is 4.74 Å². The van der Waals surface area contributed by atoms with Gasteiger partial charge >= 0.3 is 13.1 Å². The molecular formula is C12H17BO4S. The van der Waals surface area contributed by atoms with E-state index in [0.29, 0.717) is 16.0 Å². The van der Waals surface area contributed by atoms with Crippen molar-refractivity contribution < 1.29 is 19.6 Å². The van der Waals surface area contributed by atoms with Gasteiger partial charge in [0.05, 0.1) is 5.56 Å². The summed E-state index contributed by atoms with van der Waals surface area (Å²) < 4.78 is 5.26. The average Bonchev–Trinajstić information content (AvgIpc) is 2.17. The van der Waals surface area contributed by atoms with E-state index in [9.17, 15) is 14.8 Å². The van der Waals surface area contributed by atoms with Gasteiger partial charge in [-0.25, -0.2) is 4.79 Å². The molecule has 0 radical (unpaired) electrons. The fourth-order valence-corrected chi connectivity index (χ4v) is 1.80. The number of rotatable bonds is 2. The van der Waals surface area contributed by atoms with Crippen LogP contribution in [0, 0.1) is 6.92 Å². The predicted octanol–water partition coefficient (Wildman–Crippen LogP) is 0.919. The first-order chi connectivity index (χ1) is 8.11. The number of hydrogen-bond donors (Lipinski definition) is 3. The molecule has 2 N–H and O–H groups in total. The smallest absolute Gasteiger partial charge is 0.456 e. The summed E-state index contributed by atoms with van der Waals surface area (Å²) in [5.74, 6) is -0.502. The number of esters is 1. The van der Waals surface area contributed by atoms with Gasteiger partial charge in [0.2, 0.25) is 0 Å². The molecule has 0 spiro atoms. The van der Waals surface area contributed by atoms with E-state index in [1.807, 2.05) is 0 Å². The molecule has 0 aliphatic rings. The Bertz CT molecular complexity index is 466. The number of benzene rings is 1. The van der Waals surface area contributed by atoms with Crippen molar-refractivity contribution in [1.29, 1.82) is 0 Å². The molecule has 0 saturated heterocycles. The van der Waals surface area contributed by atoms with Crippen LogP contribution in [0.1, 0.15) is 36.7 Å². The molecule has 6 heteroatoms. The fraction of sp³-hybridized carbons (Fsp3) is 0.417. The Hall–Kier alpha value is -0.975. The van der Waals surface area contributed by atoms with Crippen molar-refractivity contribution >= 4 is 31.2 Å². The van der Waals surface area contributed by atoms with E-state index < -0.39 is 18.7 Å². The van der Waals surface area contributed by atoms with Gasteiger partial charge < -0.3 is 14.8 Å². The lowest BCUT2D eigenvalue weighted by atomic mass is 9.76. The highest BCUT2D eigenvalue weighted by molar-refractivity contribution is 7.80. The molecule has 0 bridgehead atoms. The molecule has 0 atom stereocenters. The SMILES string of the molecule is Cc1c(B(O)O)cc(S)cc1C(=O)OC(C)(C)C. The number of hydrogen-bond acceptors (Lipinski definition) is 5. The van der Waals surface area contributed by atoms with Gasteiger partial charge in [-0.3, -0.25) is 0 Å². The highest BCUT2D eigenvalue weighted by Gasteiger charge is 2.24. The Kier molecular flexibility index (Phi) is 4.48. The third-order valence-electron chi connectivity index (χ3n) is 2.33. The van der Waals surface area contributed by atoms with E-state index >= 15 is 0 Å². The van der Waals surface area contributed by atoms with E-state index in [2.05, 4.69) is 12.6 Å². The van der Waals surface area contributed by atoms with Crippen molar-refractivity contribution in [2.75, 3.05) is 0 Å². The number of carbonyl (C=O) groups is 1. The second-order valence-electron chi connectivity index (χ2n) is 5.08. The van der Waals surface area contributed by atoms with Crippen LogP contribution in [0.5, 0.6) is 0 Å². The molecule has 4 nitrogen and oxygen atoms in total. The van der Waals surface area contributed by atoms with Gasteiger partial charge in [-0.2, -0.15) is 0 Å². The van der Waals surface area contributed by atoms with E-state index in [1.165, 1.54) is 6.07 Å². The minimum atomic E-state index is -1.64. The van der Waals surface area contributed by atoms with E-state index in [-0.39, 0.29) is 5.46 Å². The normalized spacial score (nSPS) is 11.3. The summed E-state index contributed by atoms with van der Waals surface area (Å²) in [4.78, 5) is 12.5. The van der Waals surface area contributed by atoms with Crippen LogP contribution >= 0.6 is 12.6 Å². The second-order valence-corrected chi connectivity index (χ2v) is 5.60. The quantitative estimate of drug-likeness (QED) is 0.424. The van der Waals surface area contributed by atoms with Crippen molar-refractivity contribution in [3.8, 4) is 0 Å². The van der Waals surface area contributed by atoms with Crippen LogP contribution in [0.15, 0.2) is 17.0 Å². The van der Waals surface area contributed by atoms with Crippen molar-refractivity contribution in [2.24, 2.45) is 0 Å². The number of carbonyl (C=O) groups excluding carboxylic acids is 1. The first-order valence-corrected chi connectivity index (χ1v) is 5.99. The lowest BCUT2D eigenvalue weighted by Crippen LogP contribution is -2.34. The first-order valence-electron chi connectivity index (χ1n) is 5.55. The maximum absolute atomic E-state index is 12.0. The maximum Gasteiger partial charge on any atom is 0.488 e. The Morgan fingerprint density at radius 3 is 2.33 bits per heavy atom. The zero-order chi connectivity index (χ0) is 14.1. The Balaban J connectivity index is 3.21. The molecule has 1 aromatic rings. The predicted molar refractivity (Wildman–Crippen MR) is 73.4 cm³/mol. The Morgan fingerprint density at radius 1 is 1.33 bits per heavy atom. The van der Waals surface area contributed by atoms with Crippen LogP contribution in [-0.2, 0) is 4.74 Å². The minimum Gasteiger partial charge on any atom is -0.456 e. The monoisotopic (exact) mass is 268 g/mol. The zero-order valence-corrected chi connectivity index (χ0v) is 11.8. The molecule has 0 fully saturated rings. The zero-order valence-electron chi connectivity index (χ0n) is 10.9. The first kappa shape index (κ1) is 15.1. The Morgan fingerprint density at radius 2 is 1.89 bits per heavy atom. The fourth-order valence-electron chi connectivity index (χ4n) is 1.53. The summed E-state index contributed by atoms with van der Waals surface area (Å²) in [5, 5.41) is 18.5. The summed E-state index contributed by atoms with van der Waals surface area (Å²) in [6.07, 6.45) is 0. The molecule has 0 unspecified atom stereocenters. The second kappa shape index (κ2) is 5.34. The van der Waals surface area contributed by atoms with Gasteiger partial charge in [-0.15, -0.1) is 12.6 Å². The van der Waals surface area contributed by atoms with Crippen LogP contribution < -0.4 is 5.46 Å². The van der Waals surface area contributed by atoms with Gasteiger partial charge in [0.15, 0.2) is 0 Å². The molecule has 0 aromatic heterocycles. The van der Waals surface area contributed by atoms with Crippen molar-refractivity contribution in [2.45, 2.75) is 38.2 Å². The summed E-state index contributed by atoms with van der Waals surface area (Å²) in [7, 11) is -1.64. The summed E-state index contributed by atoms with van der Waals surface area (Å²) >= 11 is 4.14. The molecule has 18 heavy (non-hydrogen) atoms. The van der Waals surface area contributed by atoms with Gasteiger partial charge in [-0.05, 0) is 50.9 Å². The standard InChI is InChI=1S/C12H17BO4S/c1-7-9(11(14)17-12(2,3)4)5-8(18)6-10(7)13(15)16/h5-6,15-16,18H,1-4H3. The summed E-state index contributed by atoms with van der Waals surface area (Å²) in [6.45, 7) is 6.95. The van der Waals surface area contributed by atoms with Crippen molar-refractivity contribution in [1.82, 2.24) is 0 Å². The summed E-state index contributed by atoms with van der Waals surface area (Å²) in [6, 6.07) is 3.06.